The number of hydrogen-bond donors (Lipinski definition) is 0. The van der Waals surface area contributed by atoms with Gasteiger partial charge in [0, 0.05) is 95.4 Å². The Morgan fingerprint density at radius 1 is 0.568 bits per heavy atom. The van der Waals surface area contributed by atoms with Crippen molar-refractivity contribution in [1.82, 2.24) is 9.55 Å². The van der Waals surface area contributed by atoms with Crippen molar-refractivity contribution in [2.75, 3.05) is 9.80 Å². The maximum absolute atomic E-state index is 9.06. The molecule has 12 rings (SSSR count). The minimum Gasteiger partial charge on any atom is -0.509 e. The standard InChI is InChI=1S/C74H73N4OS.Pt/c1-46(2)35-47-33-34-75-67(36-47)78-64-32-31-60-59-23-15-18-28-66(59)80-70(60)68(64)61-30-29-56(44-65(61)78)79-55-22-19-21-54(43-55)76-45-77(63-27-17-16-26-62(63)76)69-57(48-37-50(71(3,4)5)41-51(38-48)72(6,7)8)24-20-25-58(69)49-39-52(73(9,10)11)42-53(40-49)74(12,13)14;/h15-34,36-42,45-46H,35H2,1-14H3;/q-3;/i35D2;. The number of anilines is 4. The van der Waals surface area contributed by atoms with Crippen LogP contribution in [0.1, 0.15) is 127 Å². The molecule has 0 unspecified atom stereocenters. The van der Waals surface area contributed by atoms with E-state index in [1.807, 2.05) is 38.1 Å². The van der Waals surface area contributed by atoms with Crippen LogP contribution in [0.3, 0.4) is 0 Å². The minimum atomic E-state index is -1.56. The van der Waals surface area contributed by atoms with Crippen LogP contribution in [-0.4, -0.2) is 9.55 Å². The van der Waals surface area contributed by atoms with E-state index in [9.17, 15) is 0 Å². The third-order valence-electron chi connectivity index (χ3n) is 15.7. The molecule has 0 bridgehead atoms. The molecular weight excluding hydrogens is 1190 g/mol. The Labute approximate surface area is 501 Å². The summed E-state index contributed by atoms with van der Waals surface area (Å²) in [5.74, 6) is 1.45. The summed E-state index contributed by atoms with van der Waals surface area (Å²) < 4.78 is 29.5. The van der Waals surface area contributed by atoms with Gasteiger partial charge in [0.2, 0.25) is 0 Å². The maximum Gasteiger partial charge on any atom is 0.135 e. The molecule has 11 aromatic rings. The molecule has 0 atom stereocenters. The summed E-state index contributed by atoms with van der Waals surface area (Å²) in [5, 5.41) is 4.54. The van der Waals surface area contributed by atoms with Crippen LogP contribution < -0.4 is 14.5 Å². The molecule has 81 heavy (non-hydrogen) atoms. The molecule has 1 aliphatic heterocycles. The number of hydrogen-bond acceptors (Lipinski definition) is 5. The number of pyridine rings is 1. The van der Waals surface area contributed by atoms with Gasteiger partial charge in [-0.25, -0.2) is 4.98 Å². The smallest absolute Gasteiger partial charge is 0.135 e. The first-order chi connectivity index (χ1) is 38.7. The molecule has 0 saturated heterocycles. The monoisotopic (exact) mass is 1260 g/mol. The number of para-hydroxylation sites is 3. The van der Waals surface area contributed by atoms with Crippen molar-refractivity contribution in [2.45, 2.75) is 125 Å². The molecule has 8 aromatic carbocycles. The fourth-order valence-corrected chi connectivity index (χ4v) is 12.5. The second-order valence-electron chi connectivity index (χ2n) is 26.2. The molecule has 0 aliphatic carbocycles. The van der Waals surface area contributed by atoms with E-state index in [2.05, 4.69) is 244 Å². The SMILES string of the molecule is [2H]C([2H])(c1ccnc(-n2c3[c-]c(Oc4[c-]c(N5[CH-]N(c6c(-c7cc(C(C)(C)C)cc(C(C)(C)C)c7)cccc6-c6cc(C(C)(C)C)cc(C(C)(C)C)c6)c6ccccc65)ccc4)ccc3c3c4sc5ccccc5c4ccc32)c1)C(C)C.[Pt]. The number of rotatable bonds is 9. The Hall–Kier alpha value is -6.98. The molecule has 1 aliphatic rings. The van der Waals surface area contributed by atoms with Crippen LogP contribution in [0.2, 0.25) is 0 Å². The van der Waals surface area contributed by atoms with Crippen LogP contribution in [0.5, 0.6) is 11.5 Å². The van der Waals surface area contributed by atoms with Crippen molar-refractivity contribution in [3.8, 4) is 39.6 Å². The Kier molecular flexibility index (Phi) is 13.7. The van der Waals surface area contributed by atoms with Crippen molar-refractivity contribution in [3.63, 3.8) is 0 Å². The summed E-state index contributed by atoms with van der Waals surface area (Å²) >= 11 is 1.79. The molecule has 0 radical (unpaired) electrons. The van der Waals surface area contributed by atoms with Crippen molar-refractivity contribution in [3.05, 3.63) is 211 Å². The zero-order chi connectivity index (χ0) is 58.0. The quantitative estimate of drug-likeness (QED) is 0.135. The number of ether oxygens (including phenoxy) is 1. The molecule has 7 heteroatoms. The summed E-state index contributed by atoms with van der Waals surface area (Å²) in [7, 11) is 0. The first-order valence-corrected chi connectivity index (χ1v) is 29.0. The third kappa shape index (κ3) is 10.5. The van der Waals surface area contributed by atoms with E-state index in [1.165, 1.54) is 53.6 Å². The van der Waals surface area contributed by atoms with Crippen LogP contribution in [0.25, 0.3) is 70.0 Å². The minimum absolute atomic E-state index is 0. The summed E-state index contributed by atoms with van der Waals surface area (Å²) in [4.78, 5) is 9.54. The second kappa shape index (κ2) is 20.8. The van der Waals surface area contributed by atoms with Gasteiger partial charge in [0.1, 0.15) is 5.82 Å². The Morgan fingerprint density at radius 2 is 1.12 bits per heavy atom. The number of fused-ring (bicyclic) bond motifs is 8. The average Bonchev–Trinajstić information content (AvgIpc) is 1.97. The normalized spacial score (nSPS) is 13.8. The molecule has 5 nitrogen and oxygen atoms in total. The second-order valence-corrected chi connectivity index (χ2v) is 27.3. The van der Waals surface area contributed by atoms with E-state index in [1.54, 1.807) is 23.6 Å². The summed E-state index contributed by atoms with van der Waals surface area (Å²) in [5.41, 5.74) is 15.9. The Morgan fingerprint density at radius 3 is 1.73 bits per heavy atom. The van der Waals surface area contributed by atoms with Crippen molar-refractivity contribution < 1.29 is 28.5 Å². The van der Waals surface area contributed by atoms with E-state index < -0.39 is 6.37 Å². The van der Waals surface area contributed by atoms with Gasteiger partial charge in [0.15, 0.2) is 0 Å². The van der Waals surface area contributed by atoms with Gasteiger partial charge < -0.3 is 19.1 Å². The van der Waals surface area contributed by atoms with Gasteiger partial charge in [-0.2, -0.15) is 12.1 Å². The topological polar surface area (TPSA) is 33.5 Å². The molecule has 4 heterocycles. The van der Waals surface area contributed by atoms with E-state index in [0.29, 0.717) is 22.9 Å². The first-order valence-electron chi connectivity index (χ1n) is 29.2. The van der Waals surface area contributed by atoms with Crippen molar-refractivity contribution >= 4 is 76.1 Å². The zero-order valence-electron chi connectivity index (χ0n) is 51.2. The van der Waals surface area contributed by atoms with Gasteiger partial charge in [-0.15, -0.1) is 59.4 Å². The van der Waals surface area contributed by atoms with Crippen LogP contribution in [-0.2, 0) is 49.1 Å². The van der Waals surface area contributed by atoms with Crippen LogP contribution >= 0.6 is 11.3 Å². The predicted octanol–water partition coefficient (Wildman–Crippen LogP) is 21.1. The van der Waals surface area contributed by atoms with Crippen molar-refractivity contribution in [1.29, 1.82) is 0 Å². The van der Waals surface area contributed by atoms with E-state index in [0.717, 1.165) is 55.7 Å². The van der Waals surface area contributed by atoms with Gasteiger partial charge >= 0.3 is 0 Å². The van der Waals surface area contributed by atoms with Gasteiger partial charge in [0.25, 0.3) is 0 Å². The largest absolute Gasteiger partial charge is 0.509 e. The summed E-state index contributed by atoms with van der Waals surface area (Å²) in [6.07, 6.45) is 0.155. The number of benzene rings is 8. The molecular formula is C74H73N4OPtS-3. The average molecular weight is 1260 g/mol. The van der Waals surface area contributed by atoms with Gasteiger partial charge in [-0.3, -0.25) is 0 Å². The molecule has 0 saturated carbocycles. The van der Waals surface area contributed by atoms with Gasteiger partial charge in [-0.1, -0.05) is 193 Å². The fourth-order valence-electron chi connectivity index (χ4n) is 11.3. The van der Waals surface area contributed by atoms with E-state index >= 15 is 0 Å². The van der Waals surface area contributed by atoms with Gasteiger partial charge in [0.05, 0.1) is 0 Å². The fraction of sp³-hybridized carbons (Fsp3) is 0.270. The van der Waals surface area contributed by atoms with Crippen LogP contribution in [0, 0.1) is 24.7 Å². The first kappa shape index (κ1) is 53.3. The predicted molar refractivity (Wildman–Crippen MR) is 341 cm³/mol. The Bertz CT molecular complexity index is 4160. The Balaban J connectivity index is 0.00000721. The number of thiophene rings is 1. The molecule has 0 N–H and O–H groups in total. The molecule has 0 amide bonds. The summed E-state index contributed by atoms with van der Waals surface area (Å²) in [6, 6.07) is 64.2. The van der Waals surface area contributed by atoms with Crippen LogP contribution in [0.4, 0.5) is 22.7 Å². The third-order valence-corrected chi connectivity index (χ3v) is 16.9. The number of aromatic nitrogens is 2. The molecule has 0 fully saturated rings. The van der Waals surface area contributed by atoms with E-state index in [4.69, 9.17) is 12.5 Å². The van der Waals surface area contributed by atoms with Crippen LogP contribution in [0.15, 0.2) is 164 Å². The number of nitrogens with zero attached hydrogens (tertiary/aromatic N) is 4. The van der Waals surface area contributed by atoms with Gasteiger partial charge in [-0.05, 0) is 115 Å². The zero-order valence-corrected chi connectivity index (χ0v) is 52.3. The molecule has 3 aromatic heterocycles. The van der Waals surface area contributed by atoms with E-state index in [-0.39, 0.29) is 48.6 Å². The molecule has 0 spiro atoms. The maximum atomic E-state index is 9.06. The molecule has 414 valence electrons. The van der Waals surface area contributed by atoms with Crippen molar-refractivity contribution in [2.24, 2.45) is 5.92 Å². The summed E-state index contributed by atoms with van der Waals surface area (Å²) in [6.45, 7) is 33.8.